The summed E-state index contributed by atoms with van der Waals surface area (Å²) in [6, 6.07) is 1.64. The summed E-state index contributed by atoms with van der Waals surface area (Å²) in [4.78, 5) is 10.9. The summed E-state index contributed by atoms with van der Waals surface area (Å²) in [5.41, 5.74) is -1.81. The summed E-state index contributed by atoms with van der Waals surface area (Å²) in [5.74, 6) is -1.81. The molecule has 1 rings (SSSR count). The quantitative estimate of drug-likeness (QED) is 0.566. The highest BCUT2D eigenvalue weighted by atomic mass is 79.9. The van der Waals surface area contributed by atoms with Crippen LogP contribution in [0.2, 0.25) is 0 Å². The minimum atomic E-state index is -4.76. The van der Waals surface area contributed by atoms with E-state index in [1.807, 2.05) is 0 Å². The van der Waals surface area contributed by atoms with Gasteiger partial charge in [-0.2, -0.15) is 13.2 Å². The molecule has 1 aromatic rings. The summed E-state index contributed by atoms with van der Waals surface area (Å²) in [5, 5.41) is 0. The molecule has 1 aromatic carbocycles. The molecule has 0 unspecified atom stereocenters. The highest BCUT2D eigenvalue weighted by molar-refractivity contribution is 9.10. The van der Waals surface area contributed by atoms with Gasteiger partial charge in [-0.1, -0.05) is 0 Å². The van der Waals surface area contributed by atoms with Crippen LogP contribution in [0.1, 0.15) is 22.8 Å². The van der Waals surface area contributed by atoms with Crippen molar-refractivity contribution < 1.29 is 22.4 Å². The number of ketones is 1. The first-order valence-electron chi connectivity index (χ1n) is 3.81. The summed E-state index contributed by atoms with van der Waals surface area (Å²) < 4.78 is 49.7. The molecule has 15 heavy (non-hydrogen) atoms. The van der Waals surface area contributed by atoms with E-state index in [0.717, 1.165) is 19.1 Å². The second-order valence-electron chi connectivity index (χ2n) is 2.84. The number of carbonyl (C=O) groups is 1. The Balaban J connectivity index is 3.57. The fraction of sp³-hybridized carbons (Fsp3) is 0.222. The first-order chi connectivity index (χ1) is 6.75. The number of carbonyl (C=O) groups excluding carboxylic acids is 1. The largest absolute Gasteiger partial charge is 0.418 e. The Morgan fingerprint density at radius 2 is 1.87 bits per heavy atom. The van der Waals surface area contributed by atoms with Crippen LogP contribution >= 0.6 is 15.9 Å². The standard InChI is InChI=1S/C9H5BrF4O/c1-4(15)5-2-3-6(11)8(10)7(5)9(12,13)14/h2-3H,1H3. The fourth-order valence-electron chi connectivity index (χ4n) is 1.12. The molecular weight excluding hydrogens is 280 g/mol. The Bertz CT molecular complexity index is 411. The third kappa shape index (κ3) is 2.37. The molecule has 0 aliphatic carbocycles. The lowest BCUT2D eigenvalue weighted by Gasteiger charge is -2.13. The van der Waals surface area contributed by atoms with Crippen molar-refractivity contribution in [2.75, 3.05) is 0 Å². The fourth-order valence-corrected chi connectivity index (χ4v) is 1.69. The summed E-state index contributed by atoms with van der Waals surface area (Å²) in [7, 11) is 0. The lowest BCUT2D eigenvalue weighted by molar-refractivity contribution is -0.138. The molecule has 0 saturated heterocycles. The zero-order chi connectivity index (χ0) is 11.8. The van der Waals surface area contributed by atoms with Gasteiger partial charge in [-0.25, -0.2) is 4.39 Å². The number of halogens is 5. The first kappa shape index (κ1) is 12.2. The Kier molecular flexibility index (Phi) is 3.18. The predicted octanol–water partition coefficient (Wildman–Crippen LogP) is 3.81. The van der Waals surface area contributed by atoms with Crippen LogP contribution in [0.4, 0.5) is 17.6 Å². The first-order valence-corrected chi connectivity index (χ1v) is 4.60. The van der Waals surface area contributed by atoms with Gasteiger partial charge in [0, 0.05) is 5.56 Å². The van der Waals surface area contributed by atoms with Gasteiger partial charge in [-0.3, -0.25) is 4.79 Å². The van der Waals surface area contributed by atoms with Crippen molar-refractivity contribution in [2.24, 2.45) is 0 Å². The number of benzene rings is 1. The molecule has 6 heteroatoms. The van der Waals surface area contributed by atoms with Gasteiger partial charge in [0.1, 0.15) is 5.82 Å². The van der Waals surface area contributed by atoms with E-state index in [9.17, 15) is 22.4 Å². The van der Waals surface area contributed by atoms with Gasteiger partial charge in [-0.15, -0.1) is 0 Å². The molecule has 0 aliphatic rings. The van der Waals surface area contributed by atoms with E-state index in [4.69, 9.17) is 0 Å². The second kappa shape index (κ2) is 3.92. The zero-order valence-corrected chi connectivity index (χ0v) is 9.04. The van der Waals surface area contributed by atoms with Crippen molar-refractivity contribution in [1.82, 2.24) is 0 Å². The second-order valence-corrected chi connectivity index (χ2v) is 3.63. The molecule has 0 heterocycles. The number of alkyl halides is 3. The van der Waals surface area contributed by atoms with Gasteiger partial charge in [0.2, 0.25) is 0 Å². The normalized spacial score (nSPS) is 11.6. The Labute approximate surface area is 91.2 Å². The lowest BCUT2D eigenvalue weighted by Crippen LogP contribution is -2.13. The molecule has 0 atom stereocenters. The zero-order valence-electron chi connectivity index (χ0n) is 7.45. The van der Waals surface area contributed by atoms with Crippen LogP contribution in [0.25, 0.3) is 0 Å². The smallest absolute Gasteiger partial charge is 0.294 e. The van der Waals surface area contributed by atoms with E-state index in [1.54, 1.807) is 0 Å². The van der Waals surface area contributed by atoms with Gasteiger partial charge in [0.05, 0.1) is 10.0 Å². The van der Waals surface area contributed by atoms with E-state index in [1.165, 1.54) is 0 Å². The van der Waals surface area contributed by atoms with Crippen molar-refractivity contribution in [3.05, 3.63) is 33.5 Å². The summed E-state index contributed by atoms with van der Waals surface area (Å²) >= 11 is 2.49. The Hall–Kier alpha value is -0.910. The number of rotatable bonds is 1. The molecule has 0 radical (unpaired) electrons. The molecule has 0 bridgehead atoms. The molecule has 0 aliphatic heterocycles. The van der Waals surface area contributed by atoms with Crippen LogP contribution in [-0.2, 0) is 6.18 Å². The molecule has 82 valence electrons. The number of Topliss-reactive ketones (excluding diaryl/α,β-unsaturated/α-hetero) is 1. The maximum atomic E-state index is 12.9. The third-order valence-electron chi connectivity index (χ3n) is 1.76. The van der Waals surface area contributed by atoms with Gasteiger partial charge in [-0.05, 0) is 35.0 Å². The highest BCUT2D eigenvalue weighted by Gasteiger charge is 2.37. The van der Waals surface area contributed by atoms with Crippen molar-refractivity contribution in [1.29, 1.82) is 0 Å². The average Bonchev–Trinajstić information content (AvgIpc) is 2.06. The van der Waals surface area contributed by atoms with Gasteiger partial charge in [0.15, 0.2) is 5.78 Å². The lowest BCUT2D eigenvalue weighted by atomic mass is 10.0. The number of hydrogen-bond acceptors (Lipinski definition) is 1. The van der Waals surface area contributed by atoms with Crippen LogP contribution in [0.5, 0.6) is 0 Å². The Morgan fingerprint density at radius 3 is 2.27 bits per heavy atom. The van der Waals surface area contributed by atoms with E-state index >= 15 is 0 Å². The third-order valence-corrected chi connectivity index (χ3v) is 2.53. The molecule has 0 N–H and O–H groups in total. The van der Waals surface area contributed by atoms with Crippen LogP contribution in [-0.4, -0.2) is 5.78 Å². The molecule has 0 amide bonds. The average molecular weight is 285 g/mol. The van der Waals surface area contributed by atoms with Gasteiger partial charge in [0.25, 0.3) is 0 Å². The Morgan fingerprint density at radius 1 is 1.33 bits per heavy atom. The van der Waals surface area contributed by atoms with Crippen molar-refractivity contribution >= 4 is 21.7 Å². The molecular formula is C9H5BrF4O. The minimum absolute atomic E-state index is 0.546. The molecule has 0 fully saturated rings. The number of hydrogen-bond donors (Lipinski definition) is 0. The van der Waals surface area contributed by atoms with E-state index < -0.39 is 33.4 Å². The van der Waals surface area contributed by atoms with E-state index in [0.29, 0.717) is 0 Å². The van der Waals surface area contributed by atoms with Crippen LogP contribution in [0.15, 0.2) is 16.6 Å². The molecule has 0 saturated carbocycles. The summed E-state index contributed by atoms with van der Waals surface area (Å²) in [6.45, 7) is 0.995. The van der Waals surface area contributed by atoms with Crippen LogP contribution < -0.4 is 0 Å². The van der Waals surface area contributed by atoms with Gasteiger partial charge >= 0.3 is 6.18 Å². The maximum Gasteiger partial charge on any atom is 0.418 e. The van der Waals surface area contributed by atoms with Crippen molar-refractivity contribution in [3.63, 3.8) is 0 Å². The molecule has 1 nitrogen and oxygen atoms in total. The van der Waals surface area contributed by atoms with E-state index in [-0.39, 0.29) is 0 Å². The van der Waals surface area contributed by atoms with Gasteiger partial charge < -0.3 is 0 Å². The SMILES string of the molecule is CC(=O)c1ccc(F)c(Br)c1C(F)(F)F. The summed E-state index contributed by atoms with van der Waals surface area (Å²) in [6.07, 6.45) is -4.76. The van der Waals surface area contributed by atoms with Crippen LogP contribution in [0, 0.1) is 5.82 Å². The predicted molar refractivity (Wildman–Crippen MR) is 49.1 cm³/mol. The van der Waals surface area contributed by atoms with Crippen molar-refractivity contribution in [2.45, 2.75) is 13.1 Å². The minimum Gasteiger partial charge on any atom is -0.294 e. The topological polar surface area (TPSA) is 17.1 Å². The monoisotopic (exact) mass is 284 g/mol. The van der Waals surface area contributed by atoms with E-state index in [2.05, 4.69) is 15.9 Å². The van der Waals surface area contributed by atoms with Crippen LogP contribution in [0.3, 0.4) is 0 Å². The highest BCUT2D eigenvalue weighted by Crippen LogP contribution is 2.38. The molecule has 0 spiro atoms. The maximum absolute atomic E-state index is 12.9. The molecule has 0 aromatic heterocycles. The van der Waals surface area contributed by atoms with Crippen molar-refractivity contribution in [3.8, 4) is 0 Å².